The number of hydrogen-bond donors (Lipinski definition) is 5. The molecule has 0 radical (unpaired) electrons. The Balaban J connectivity index is 1.39. The Bertz CT molecular complexity index is 1490. The van der Waals surface area contributed by atoms with Gasteiger partial charge in [0.2, 0.25) is 5.95 Å². The summed E-state index contributed by atoms with van der Waals surface area (Å²) in [5, 5.41) is 27.6. The Morgan fingerprint density at radius 2 is 1.84 bits per heavy atom. The largest absolute Gasteiger partial charge is 0.389 e. The van der Waals surface area contributed by atoms with Gasteiger partial charge in [-0.05, 0) is 44.4 Å². The van der Waals surface area contributed by atoms with Gasteiger partial charge in [-0.3, -0.25) is 4.98 Å². The highest BCUT2D eigenvalue weighted by Gasteiger charge is 2.40. The molecule has 9 nitrogen and oxygen atoms in total. The van der Waals surface area contributed by atoms with Gasteiger partial charge in [0.25, 0.3) is 0 Å². The first kappa shape index (κ1) is 25.0. The topological polar surface area (TPSA) is 142 Å². The van der Waals surface area contributed by atoms with Crippen molar-refractivity contribution in [2.24, 2.45) is 5.73 Å². The minimum atomic E-state index is -1.10. The van der Waals surface area contributed by atoms with Crippen molar-refractivity contribution in [1.82, 2.24) is 19.9 Å². The lowest BCUT2D eigenvalue weighted by Crippen LogP contribution is -2.38. The van der Waals surface area contributed by atoms with Crippen molar-refractivity contribution >= 4 is 33.3 Å². The third-order valence-electron chi connectivity index (χ3n) is 7.14. The van der Waals surface area contributed by atoms with Crippen LogP contribution in [0.1, 0.15) is 42.1 Å². The first-order valence-electron chi connectivity index (χ1n) is 12.5. The maximum absolute atomic E-state index is 14.2. The van der Waals surface area contributed by atoms with Crippen molar-refractivity contribution in [3.8, 4) is 10.6 Å². The van der Waals surface area contributed by atoms with Gasteiger partial charge in [0.05, 0.1) is 33.8 Å². The molecule has 4 atom stereocenters. The van der Waals surface area contributed by atoms with Crippen LogP contribution < -0.4 is 16.4 Å². The van der Waals surface area contributed by atoms with Crippen LogP contribution in [0.2, 0.25) is 0 Å². The summed E-state index contributed by atoms with van der Waals surface area (Å²) in [5.41, 5.74) is 8.92. The molecule has 3 aromatic heterocycles. The standard InChI is InChI=1S/C26H27F2N7O2S/c1-11-19(25-34-21-18(38-25)7-8-30-20(21)12-5-6-12)24(33-17-9-16(29)22(36)23(17)37)35-26(32-11)31-10-13-14(27)3-2-4-15(13)28/h2-4,7-8,12,16-17,22-23,36-37H,5-6,9-10,29H2,1H3,(H2,31,32,33,35). The molecule has 2 aliphatic carbocycles. The molecule has 0 saturated heterocycles. The van der Waals surface area contributed by atoms with E-state index >= 15 is 0 Å². The molecule has 2 saturated carbocycles. The molecule has 2 fully saturated rings. The van der Waals surface area contributed by atoms with Crippen molar-refractivity contribution < 1.29 is 19.0 Å². The normalized spacial score (nSPS) is 23.2. The van der Waals surface area contributed by atoms with E-state index in [0.29, 0.717) is 34.4 Å². The van der Waals surface area contributed by atoms with E-state index in [1.54, 1.807) is 13.1 Å². The van der Waals surface area contributed by atoms with E-state index in [-0.39, 0.29) is 18.1 Å². The highest BCUT2D eigenvalue weighted by atomic mass is 32.1. The van der Waals surface area contributed by atoms with E-state index in [0.717, 1.165) is 28.8 Å². The highest BCUT2D eigenvalue weighted by molar-refractivity contribution is 7.21. The lowest BCUT2D eigenvalue weighted by molar-refractivity contribution is 0.0322. The van der Waals surface area contributed by atoms with Gasteiger partial charge >= 0.3 is 0 Å². The number of benzene rings is 1. The van der Waals surface area contributed by atoms with E-state index in [2.05, 4.69) is 25.6 Å². The highest BCUT2D eigenvalue weighted by Crippen LogP contribution is 2.44. The number of aliphatic hydroxyl groups is 2. The smallest absolute Gasteiger partial charge is 0.225 e. The first-order chi connectivity index (χ1) is 18.3. The summed E-state index contributed by atoms with van der Waals surface area (Å²) >= 11 is 1.49. The van der Waals surface area contributed by atoms with Crippen molar-refractivity contribution in [1.29, 1.82) is 0 Å². The van der Waals surface area contributed by atoms with E-state index < -0.39 is 35.9 Å². The molecule has 3 heterocycles. The van der Waals surface area contributed by atoms with Gasteiger partial charge in [-0.1, -0.05) is 6.07 Å². The fourth-order valence-corrected chi connectivity index (χ4v) is 5.97. The van der Waals surface area contributed by atoms with Gasteiger partial charge in [0, 0.05) is 30.3 Å². The van der Waals surface area contributed by atoms with Crippen LogP contribution in [0.5, 0.6) is 0 Å². The van der Waals surface area contributed by atoms with Gasteiger partial charge in [-0.15, -0.1) is 11.3 Å². The van der Waals surface area contributed by atoms with Gasteiger partial charge in [0.1, 0.15) is 34.1 Å². The lowest BCUT2D eigenvalue weighted by atomic mass is 10.1. The minimum absolute atomic E-state index is 0.126. The molecule has 2 aliphatic rings. The zero-order valence-electron chi connectivity index (χ0n) is 20.5. The molecule has 4 unspecified atom stereocenters. The summed E-state index contributed by atoms with van der Waals surface area (Å²) < 4.78 is 29.3. The van der Waals surface area contributed by atoms with Gasteiger partial charge < -0.3 is 26.6 Å². The Labute approximate surface area is 221 Å². The van der Waals surface area contributed by atoms with E-state index in [4.69, 9.17) is 10.7 Å². The second-order valence-corrected chi connectivity index (χ2v) is 10.9. The van der Waals surface area contributed by atoms with E-state index in [9.17, 15) is 19.0 Å². The maximum Gasteiger partial charge on any atom is 0.225 e. The number of aryl methyl sites for hydroxylation is 1. The summed E-state index contributed by atoms with van der Waals surface area (Å²) in [6.07, 6.45) is 2.14. The van der Waals surface area contributed by atoms with Crippen LogP contribution in [-0.4, -0.2) is 54.4 Å². The zero-order valence-corrected chi connectivity index (χ0v) is 21.3. The van der Waals surface area contributed by atoms with Crippen molar-refractivity contribution in [3.63, 3.8) is 0 Å². The summed E-state index contributed by atoms with van der Waals surface area (Å²) in [7, 11) is 0. The Kier molecular flexibility index (Phi) is 6.42. The summed E-state index contributed by atoms with van der Waals surface area (Å²) in [4.78, 5) is 18.6. The predicted molar refractivity (Wildman–Crippen MR) is 141 cm³/mol. The molecular formula is C26H27F2N7O2S. The average molecular weight is 540 g/mol. The molecule has 0 spiro atoms. The molecule has 1 aromatic carbocycles. The lowest BCUT2D eigenvalue weighted by Gasteiger charge is -2.21. The molecule has 6 N–H and O–H groups in total. The first-order valence-corrected chi connectivity index (χ1v) is 13.3. The van der Waals surface area contributed by atoms with Gasteiger partial charge in [0.15, 0.2) is 0 Å². The van der Waals surface area contributed by atoms with E-state index in [1.165, 1.54) is 29.5 Å². The Morgan fingerprint density at radius 3 is 2.53 bits per heavy atom. The Morgan fingerprint density at radius 1 is 1.08 bits per heavy atom. The number of nitrogens with two attached hydrogens (primary N) is 1. The Hall–Kier alpha value is -3.32. The number of thiazole rings is 1. The van der Waals surface area contributed by atoms with Crippen LogP contribution in [0.15, 0.2) is 30.5 Å². The molecule has 0 amide bonds. The monoisotopic (exact) mass is 539 g/mol. The summed E-state index contributed by atoms with van der Waals surface area (Å²) in [5.74, 6) is -0.397. The van der Waals surface area contributed by atoms with Crippen molar-refractivity contribution in [3.05, 3.63) is 59.0 Å². The number of aliphatic hydroxyl groups excluding tert-OH is 2. The molecule has 6 rings (SSSR count). The van der Waals surface area contributed by atoms with Crippen LogP contribution >= 0.6 is 11.3 Å². The number of pyridine rings is 1. The molecule has 38 heavy (non-hydrogen) atoms. The number of fused-ring (bicyclic) bond motifs is 1. The van der Waals surface area contributed by atoms with Gasteiger partial charge in [-0.25, -0.2) is 18.7 Å². The number of halogens is 2. The molecule has 0 bridgehead atoms. The van der Waals surface area contributed by atoms with Crippen LogP contribution in [0, 0.1) is 18.6 Å². The summed E-state index contributed by atoms with van der Waals surface area (Å²) in [6.45, 7) is 1.64. The maximum atomic E-state index is 14.2. The third-order valence-corrected chi connectivity index (χ3v) is 8.18. The molecule has 12 heteroatoms. The number of nitrogens with zero attached hydrogens (tertiary/aromatic N) is 4. The molecule has 4 aromatic rings. The quantitative estimate of drug-likeness (QED) is 0.239. The molecular weight excluding hydrogens is 512 g/mol. The van der Waals surface area contributed by atoms with Crippen LogP contribution in [0.4, 0.5) is 20.5 Å². The summed E-state index contributed by atoms with van der Waals surface area (Å²) in [6, 6.07) is 4.46. The van der Waals surface area contributed by atoms with Crippen molar-refractivity contribution in [2.45, 2.75) is 62.9 Å². The van der Waals surface area contributed by atoms with Crippen LogP contribution in [-0.2, 0) is 6.54 Å². The van der Waals surface area contributed by atoms with Gasteiger partial charge in [-0.2, -0.15) is 4.98 Å². The zero-order chi connectivity index (χ0) is 26.6. The number of rotatable bonds is 7. The number of hydrogen-bond acceptors (Lipinski definition) is 10. The minimum Gasteiger partial charge on any atom is -0.389 e. The second-order valence-electron chi connectivity index (χ2n) is 9.88. The third kappa shape index (κ3) is 4.57. The van der Waals surface area contributed by atoms with E-state index in [1.807, 2.05) is 6.07 Å². The fraction of sp³-hybridized carbons (Fsp3) is 0.385. The number of anilines is 2. The second kappa shape index (κ2) is 9.77. The van der Waals surface area contributed by atoms with Crippen molar-refractivity contribution in [2.75, 3.05) is 10.6 Å². The van der Waals surface area contributed by atoms with Crippen LogP contribution in [0.3, 0.4) is 0 Å². The molecule has 0 aliphatic heterocycles. The fourth-order valence-electron chi connectivity index (χ4n) is 4.90. The van der Waals surface area contributed by atoms with Crippen LogP contribution in [0.25, 0.3) is 20.8 Å². The molecule has 198 valence electrons. The predicted octanol–water partition coefficient (Wildman–Crippen LogP) is 3.46. The SMILES string of the molecule is Cc1nc(NCc2c(F)cccc2F)nc(NC2CC(N)C(O)C2O)c1-c1nc2c(C3CC3)nccc2s1. The average Bonchev–Trinajstić information content (AvgIpc) is 3.59. The number of nitrogens with one attached hydrogen (secondary N) is 2. The number of aromatic nitrogens is 4.